The number of halogens is 1. The highest BCUT2D eigenvalue weighted by Crippen LogP contribution is 2.14. The van der Waals surface area contributed by atoms with Gasteiger partial charge in [0.25, 0.3) is 0 Å². The molecule has 1 rings (SSSR count). The van der Waals surface area contributed by atoms with Crippen LogP contribution in [0.2, 0.25) is 0 Å². The van der Waals surface area contributed by atoms with E-state index in [1.807, 2.05) is 4.90 Å². The van der Waals surface area contributed by atoms with E-state index in [0.717, 1.165) is 30.5 Å². The fourth-order valence-corrected chi connectivity index (χ4v) is 2.71. The molecule has 19 heavy (non-hydrogen) atoms. The van der Waals surface area contributed by atoms with Crippen LogP contribution in [0.3, 0.4) is 0 Å². The van der Waals surface area contributed by atoms with Gasteiger partial charge in [0, 0.05) is 13.0 Å². The average Bonchev–Trinajstić information content (AvgIpc) is 2.69. The van der Waals surface area contributed by atoms with E-state index in [0.29, 0.717) is 5.91 Å². The van der Waals surface area contributed by atoms with Gasteiger partial charge in [0.1, 0.15) is 0 Å². The van der Waals surface area contributed by atoms with Crippen LogP contribution < -0.4 is 12.4 Å². The molecule has 0 aromatic rings. The summed E-state index contributed by atoms with van der Waals surface area (Å²) < 4.78 is 0.958. The van der Waals surface area contributed by atoms with Crippen molar-refractivity contribution in [3.8, 4) is 0 Å². The molecule has 0 aromatic heterocycles. The first kappa shape index (κ1) is 18.7. The zero-order chi connectivity index (χ0) is 13.4. The number of amides is 1. The van der Waals surface area contributed by atoms with Gasteiger partial charge in [-0.15, -0.1) is 0 Å². The van der Waals surface area contributed by atoms with Crippen molar-refractivity contribution in [2.24, 2.45) is 0 Å². The quantitative estimate of drug-likeness (QED) is 0.433. The Morgan fingerprint density at radius 1 is 1.11 bits per heavy atom. The minimum absolute atomic E-state index is 0. The molecule has 1 amide bonds. The summed E-state index contributed by atoms with van der Waals surface area (Å²) in [4.78, 5) is 13.7. The fraction of sp³-hybridized carbons (Fsp3) is 0.933. The third-order valence-electron chi connectivity index (χ3n) is 3.84. The molecule has 3 nitrogen and oxygen atoms in total. The summed E-state index contributed by atoms with van der Waals surface area (Å²) in [6, 6.07) is 0. The molecule has 0 unspecified atom stereocenters. The molecule has 1 aliphatic heterocycles. The monoisotopic (exact) mass is 290 g/mol. The Morgan fingerprint density at radius 2 is 1.74 bits per heavy atom. The van der Waals surface area contributed by atoms with Crippen LogP contribution in [0.4, 0.5) is 0 Å². The number of unbranched alkanes of at least 4 members (excludes halogenated alkanes) is 5. The van der Waals surface area contributed by atoms with E-state index in [2.05, 4.69) is 21.0 Å². The van der Waals surface area contributed by atoms with E-state index in [1.54, 1.807) is 0 Å². The molecule has 0 aromatic carbocycles. The molecule has 4 heteroatoms. The van der Waals surface area contributed by atoms with Crippen LogP contribution in [0.25, 0.3) is 0 Å². The van der Waals surface area contributed by atoms with Crippen molar-refractivity contribution in [2.45, 2.75) is 58.3 Å². The summed E-state index contributed by atoms with van der Waals surface area (Å²) in [5.41, 5.74) is 0. The molecule has 1 heterocycles. The van der Waals surface area contributed by atoms with Crippen molar-refractivity contribution in [2.75, 3.05) is 33.9 Å². The smallest absolute Gasteiger partial charge is 0.226 e. The van der Waals surface area contributed by atoms with Gasteiger partial charge in [-0.2, -0.15) is 0 Å². The maximum atomic E-state index is 11.6. The minimum Gasteiger partial charge on any atom is -1.00 e. The van der Waals surface area contributed by atoms with Crippen molar-refractivity contribution in [1.82, 2.24) is 4.90 Å². The zero-order valence-corrected chi connectivity index (χ0v) is 13.7. The first-order chi connectivity index (χ1) is 8.55. The van der Waals surface area contributed by atoms with Gasteiger partial charge in [-0.3, -0.25) is 9.69 Å². The maximum Gasteiger partial charge on any atom is 0.226 e. The molecule has 1 saturated heterocycles. The van der Waals surface area contributed by atoms with Crippen molar-refractivity contribution in [3.05, 3.63) is 0 Å². The molecule has 1 fully saturated rings. The largest absolute Gasteiger partial charge is 1.00 e. The third-order valence-corrected chi connectivity index (χ3v) is 3.84. The standard InChI is InChI=1S/C15H31N2O.ClH/c1-4-5-6-7-8-9-13-17(2,3)14-16-12-10-11-15(16)18;/h4-14H2,1-3H3;1H/q+1;/p-1. The number of rotatable bonds is 9. The van der Waals surface area contributed by atoms with Crippen LogP contribution >= 0.6 is 0 Å². The number of carbonyl (C=O) groups excluding carboxylic acids is 1. The fourth-order valence-electron chi connectivity index (χ4n) is 2.71. The average molecular weight is 291 g/mol. The Bertz CT molecular complexity index is 257. The van der Waals surface area contributed by atoms with Gasteiger partial charge >= 0.3 is 0 Å². The van der Waals surface area contributed by atoms with E-state index in [9.17, 15) is 4.79 Å². The number of likely N-dealkylation sites (tertiary alicyclic amines) is 1. The molecule has 0 bridgehead atoms. The molecule has 0 aliphatic carbocycles. The SMILES string of the molecule is CCCCCCCC[N+](C)(C)CN1CCCC1=O.[Cl-]. The van der Waals surface area contributed by atoms with Gasteiger partial charge < -0.3 is 16.9 Å². The highest BCUT2D eigenvalue weighted by molar-refractivity contribution is 5.77. The van der Waals surface area contributed by atoms with Gasteiger partial charge in [0.2, 0.25) is 5.91 Å². The second kappa shape index (κ2) is 9.60. The topological polar surface area (TPSA) is 20.3 Å². The van der Waals surface area contributed by atoms with Gasteiger partial charge in [-0.25, -0.2) is 0 Å². The Hall–Kier alpha value is -0.280. The molecule has 0 spiro atoms. The second-order valence-electron chi connectivity index (χ2n) is 6.33. The number of carbonyl (C=O) groups is 1. The molecule has 1 aliphatic rings. The van der Waals surface area contributed by atoms with Crippen molar-refractivity contribution < 1.29 is 21.7 Å². The lowest BCUT2D eigenvalue weighted by atomic mass is 10.1. The summed E-state index contributed by atoms with van der Waals surface area (Å²) in [7, 11) is 4.50. The van der Waals surface area contributed by atoms with Gasteiger partial charge in [-0.05, 0) is 19.3 Å². The molecule has 0 atom stereocenters. The molecule has 0 radical (unpaired) electrons. The maximum absolute atomic E-state index is 11.6. The predicted octanol–water partition coefficient (Wildman–Crippen LogP) is 0.00720. The minimum atomic E-state index is 0. The van der Waals surface area contributed by atoms with Gasteiger partial charge in [0.05, 0.1) is 20.6 Å². The first-order valence-corrected chi connectivity index (χ1v) is 7.65. The highest BCUT2D eigenvalue weighted by atomic mass is 35.5. The summed E-state index contributed by atoms with van der Waals surface area (Å²) >= 11 is 0. The normalized spacial score (nSPS) is 15.7. The number of quaternary nitrogens is 1. The lowest BCUT2D eigenvalue weighted by Gasteiger charge is -2.33. The van der Waals surface area contributed by atoms with Crippen LogP contribution in [-0.4, -0.2) is 49.1 Å². The lowest BCUT2D eigenvalue weighted by Crippen LogP contribution is -3.00. The number of hydrogen-bond acceptors (Lipinski definition) is 1. The Kier molecular flexibility index (Phi) is 9.46. The van der Waals surface area contributed by atoms with Gasteiger partial charge in [-0.1, -0.05) is 32.6 Å². The van der Waals surface area contributed by atoms with Crippen LogP contribution in [0.1, 0.15) is 58.3 Å². The van der Waals surface area contributed by atoms with Crippen molar-refractivity contribution in [3.63, 3.8) is 0 Å². The third kappa shape index (κ3) is 7.78. The molecule has 0 N–H and O–H groups in total. The second-order valence-corrected chi connectivity index (χ2v) is 6.33. The summed E-state index contributed by atoms with van der Waals surface area (Å²) in [5.74, 6) is 0.351. The van der Waals surface area contributed by atoms with Crippen LogP contribution in [0.15, 0.2) is 0 Å². The molecular weight excluding hydrogens is 260 g/mol. The van der Waals surface area contributed by atoms with Crippen molar-refractivity contribution >= 4 is 5.91 Å². The highest BCUT2D eigenvalue weighted by Gasteiger charge is 2.26. The van der Waals surface area contributed by atoms with Gasteiger partial charge in [0.15, 0.2) is 6.67 Å². The van der Waals surface area contributed by atoms with E-state index in [-0.39, 0.29) is 12.4 Å². The lowest BCUT2D eigenvalue weighted by molar-refractivity contribution is -0.899. The zero-order valence-electron chi connectivity index (χ0n) is 13.0. The van der Waals surface area contributed by atoms with E-state index < -0.39 is 0 Å². The Morgan fingerprint density at radius 3 is 2.32 bits per heavy atom. The molecular formula is C15H31ClN2O. The summed E-state index contributed by atoms with van der Waals surface area (Å²) in [5, 5.41) is 0. The van der Waals surface area contributed by atoms with E-state index >= 15 is 0 Å². The summed E-state index contributed by atoms with van der Waals surface area (Å²) in [6.45, 7) is 5.31. The summed E-state index contributed by atoms with van der Waals surface area (Å²) in [6.07, 6.45) is 9.89. The van der Waals surface area contributed by atoms with Crippen LogP contribution in [-0.2, 0) is 4.79 Å². The number of hydrogen-bond donors (Lipinski definition) is 0. The Labute approximate surface area is 125 Å². The molecule has 114 valence electrons. The number of nitrogens with zero attached hydrogens (tertiary/aromatic N) is 2. The van der Waals surface area contributed by atoms with Crippen LogP contribution in [0.5, 0.6) is 0 Å². The predicted molar refractivity (Wildman–Crippen MR) is 76.2 cm³/mol. The van der Waals surface area contributed by atoms with E-state index in [1.165, 1.54) is 45.1 Å². The Balaban J connectivity index is 0.00000324. The first-order valence-electron chi connectivity index (χ1n) is 7.65. The van der Waals surface area contributed by atoms with E-state index in [4.69, 9.17) is 0 Å². The van der Waals surface area contributed by atoms with Crippen molar-refractivity contribution in [1.29, 1.82) is 0 Å². The molecule has 0 saturated carbocycles. The van der Waals surface area contributed by atoms with Crippen LogP contribution in [0, 0.1) is 0 Å².